The van der Waals surface area contributed by atoms with Crippen LogP contribution in [0.5, 0.6) is 0 Å². The molecule has 30 heavy (non-hydrogen) atoms. The molecule has 0 unspecified atom stereocenters. The van der Waals surface area contributed by atoms with Gasteiger partial charge in [0.15, 0.2) is 0 Å². The summed E-state index contributed by atoms with van der Waals surface area (Å²) in [4.78, 5) is 29.2. The molecule has 0 saturated heterocycles. The largest absolute Gasteiger partial charge is 0.459 e. The highest BCUT2D eigenvalue weighted by Crippen LogP contribution is 2.26. The maximum Gasteiger partial charge on any atom is 0.312 e. The molecular formula is C24H17N3O3. The average molecular weight is 395 g/mol. The number of ether oxygens (including phenoxy) is 1. The Bertz CT molecular complexity index is 1470. The first-order valence-electron chi connectivity index (χ1n) is 9.59. The van der Waals surface area contributed by atoms with E-state index in [9.17, 15) is 9.59 Å². The van der Waals surface area contributed by atoms with E-state index in [4.69, 9.17) is 9.72 Å². The van der Waals surface area contributed by atoms with Gasteiger partial charge < -0.3 is 4.74 Å². The van der Waals surface area contributed by atoms with Crippen LogP contribution in [0.4, 0.5) is 0 Å². The van der Waals surface area contributed by atoms with E-state index in [1.807, 2.05) is 54.6 Å². The molecule has 6 heteroatoms. The van der Waals surface area contributed by atoms with Gasteiger partial charge in [-0.1, -0.05) is 60.7 Å². The molecule has 6 nitrogen and oxygen atoms in total. The molecule has 146 valence electrons. The van der Waals surface area contributed by atoms with Crippen LogP contribution in [0.3, 0.4) is 0 Å². The van der Waals surface area contributed by atoms with Crippen molar-refractivity contribution in [3.8, 4) is 0 Å². The smallest absolute Gasteiger partial charge is 0.312 e. The monoisotopic (exact) mass is 395 g/mol. The van der Waals surface area contributed by atoms with Gasteiger partial charge in [0, 0.05) is 16.2 Å². The van der Waals surface area contributed by atoms with Crippen LogP contribution >= 0.6 is 0 Å². The number of hydrogen-bond donors (Lipinski definition) is 1. The normalized spacial score (nSPS) is 11.2. The number of pyridine rings is 1. The third kappa shape index (κ3) is 3.18. The molecule has 2 aromatic heterocycles. The highest BCUT2D eigenvalue weighted by Gasteiger charge is 2.14. The molecule has 0 amide bonds. The molecule has 5 rings (SSSR count). The van der Waals surface area contributed by atoms with Crippen LogP contribution in [0, 0.1) is 0 Å². The van der Waals surface area contributed by atoms with Crippen molar-refractivity contribution < 1.29 is 9.53 Å². The van der Waals surface area contributed by atoms with Gasteiger partial charge in [-0.2, -0.15) is 5.10 Å². The molecule has 0 bridgehead atoms. The number of H-pyrrole nitrogens is 1. The first-order chi connectivity index (χ1) is 14.7. The first-order valence-corrected chi connectivity index (χ1v) is 9.59. The van der Waals surface area contributed by atoms with Gasteiger partial charge >= 0.3 is 5.97 Å². The number of carbonyl (C=O) groups excluding carboxylic acids is 1. The molecule has 0 spiro atoms. The molecule has 0 aliphatic carbocycles. The van der Waals surface area contributed by atoms with E-state index >= 15 is 0 Å². The summed E-state index contributed by atoms with van der Waals surface area (Å²) in [5.41, 5.74) is 1.76. The van der Waals surface area contributed by atoms with Crippen LogP contribution in [0.25, 0.3) is 32.4 Å². The van der Waals surface area contributed by atoms with Gasteiger partial charge in [-0.05, 0) is 17.5 Å². The Kier molecular flexibility index (Phi) is 4.44. The Morgan fingerprint density at radius 3 is 2.13 bits per heavy atom. The summed E-state index contributed by atoms with van der Waals surface area (Å²) in [6, 6.07) is 22.9. The lowest BCUT2D eigenvalue weighted by molar-refractivity contribution is -0.144. The molecular weight excluding hydrogens is 378 g/mol. The molecule has 0 radical (unpaired) electrons. The van der Waals surface area contributed by atoms with Crippen LogP contribution in [0.15, 0.2) is 77.6 Å². The van der Waals surface area contributed by atoms with Crippen molar-refractivity contribution in [2.24, 2.45) is 0 Å². The Morgan fingerprint density at radius 2 is 1.37 bits per heavy atom. The SMILES string of the molecule is O=C(Cc1n[nH]c(=O)c2ccccc12)OCc1nc2ccccc2c2ccccc12. The predicted molar refractivity (Wildman–Crippen MR) is 115 cm³/mol. The summed E-state index contributed by atoms with van der Waals surface area (Å²) in [6.45, 7) is 0.0610. The first kappa shape index (κ1) is 18.0. The molecule has 3 aromatic carbocycles. The van der Waals surface area contributed by atoms with Gasteiger partial charge in [-0.25, -0.2) is 10.1 Å². The minimum atomic E-state index is -0.432. The quantitative estimate of drug-likeness (QED) is 0.368. The lowest BCUT2D eigenvalue weighted by Gasteiger charge is -2.10. The molecule has 0 aliphatic rings. The van der Waals surface area contributed by atoms with Crippen LogP contribution in [-0.4, -0.2) is 21.2 Å². The zero-order chi connectivity index (χ0) is 20.5. The number of nitrogens with zero attached hydrogens (tertiary/aromatic N) is 2. The fraction of sp³-hybridized carbons (Fsp3) is 0.0833. The number of para-hydroxylation sites is 1. The fourth-order valence-corrected chi connectivity index (χ4v) is 3.73. The van der Waals surface area contributed by atoms with Gasteiger partial charge in [-0.15, -0.1) is 0 Å². The van der Waals surface area contributed by atoms with E-state index in [0.717, 1.165) is 21.7 Å². The van der Waals surface area contributed by atoms with Gasteiger partial charge in [0.05, 0.1) is 28.7 Å². The van der Waals surface area contributed by atoms with Crippen LogP contribution < -0.4 is 5.56 Å². The molecule has 0 saturated carbocycles. The number of nitrogens with one attached hydrogen (secondary N) is 1. The standard InChI is InChI=1S/C24H17N3O3/c28-23(13-21-18-10-3-4-11-19(18)24(29)27-26-21)30-14-22-17-9-2-1-7-15(17)16-8-5-6-12-20(16)25-22/h1-12H,13-14H2,(H,27,29). The minimum Gasteiger partial charge on any atom is -0.459 e. The number of fused-ring (bicyclic) bond motifs is 4. The highest BCUT2D eigenvalue weighted by molar-refractivity contribution is 6.06. The fourth-order valence-electron chi connectivity index (χ4n) is 3.73. The topological polar surface area (TPSA) is 84.9 Å². The van der Waals surface area contributed by atoms with Gasteiger partial charge in [0.2, 0.25) is 0 Å². The van der Waals surface area contributed by atoms with Gasteiger partial charge in [0.1, 0.15) is 6.61 Å². The lowest BCUT2D eigenvalue weighted by Crippen LogP contribution is -2.15. The zero-order valence-electron chi connectivity index (χ0n) is 16.0. The van der Waals surface area contributed by atoms with E-state index in [1.54, 1.807) is 18.2 Å². The maximum atomic E-state index is 12.5. The molecule has 1 N–H and O–H groups in total. The van der Waals surface area contributed by atoms with Gasteiger partial charge in [-0.3, -0.25) is 9.59 Å². The van der Waals surface area contributed by atoms with Crippen molar-refractivity contribution in [1.82, 2.24) is 15.2 Å². The van der Waals surface area contributed by atoms with Crippen molar-refractivity contribution in [1.29, 1.82) is 0 Å². The molecule has 5 aromatic rings. The maximum absolute atomic E-state index is 12.5. The van der Waals surface area contributed by atoms with Crippen LogP contribution in [-0.2, 0) is 22.6 Å². The summed E-state index contributed by atoms with van der Waals surface area (Å²) in [5, 5.41) is 10.7. The summed E-state index contributed by atoms with van der Waals surface area (Å²) >= 11 is 0. The Hall–Kier alpha value is -4.06. The molecule has 0 aliphatic heterocycles. The van der Waals surface area contributed by atoms with Gasteiger partial charge in [0.25, 0.3) is 5.56 Å². The van der Waals surface area contributed by atoms with E-state index in [2.05, 4.69) is 10.2 Å². The minimum absolute atomic E-state index is 0.0389. The number of hydrogen-bond acceptors (Lipinski definition) is 5. The van der Waals surface area contributed by atoms with Crippen molar-refractivity contribution in [2.45, 2.75) is 13.0 Å². The number of rotatable bonds is 4. The van der Waals surface area contributed by atoms with E-state index in [-0.39, 0.29) is 18.6 Å². The Labute approximate surface area is 171 Å². The Morgan fingerprint density at radius 1 is 0.767 bits per heavy atom. The van der Waals surface area contributed by atoms with E-state index < -0.39 is 5.97 Å². The second-order valence-electron chi connectivity index (χ2n) is 7.00. The third-order valence-corrected chi connectivity index (χ3v) is 5.14. The number of esters is 1. The second kappa shape index (κ2) is 7.40. The second-order valence-corrected chi connectivity index (χ2v) is 7.00. The van der Waals surface area contributed by atoms with Crippen molar-refractivity contribution in [3.05, 3.63) is 94.5 Å². The lowest BCUT2D eigenvalue weighted by atomic mass is 10.0. The number of carbonyl (C=O) groups is 1. The number of benzene rings is 3. The van der Waals surface area contributed by atoms with E-state index in [1.165, 1.54) is 0 Å². The summed E-state index contributed by atoms with van der Waals surface area (Å²) < 4.78 is 5.53. The summed E-state index contributed by atoms with van der Waals surface area (Å²) in [7, 11) is 0. The molecule has 0 atom stereocenters. The highest BCUT2D eigenvalue weighted by atomic mass is 16.5. The Balaban J connectivity index is 1.43. The van der Waals surface area contributed by atoms with Crippen molar-refractivity contribution in [2.75, 3.05) is 0 Å². The summed E-state index contributed by atoms with van der Waals surface area (Å²) in [5.74, 6) is -0.432. The average Bonchev–Trinajstić information content (AvgIpc) is 2.79. The van der Waals surface area contributed by atoms with Crippen LogP contribution in [0.1, 0.15) is 11.4 Å². The van der Waals surface area contributed by atoms with Crippen molar-refractivity contribution >= 4 is 38.4 Å². The third-order valence-electron chi connectivity index (χ3n) is 5.14. The predicted octanol–water partition coefficient (Wildman–Crippen LogP) is 3.91. The van der Waals surface area contributed by atoms with E-state index in [0.29, 0.717) is 22.2 Å². The van der Waals surface area contributed by atoms with Crippen LogP contribution in [0.2, 0.25) is 0 Å². The number of aromatic nitrogens is 3. The zero-order valence-corrected chi connectivity index (χ0v) is 16.0. The number of aromatic amines is 1. The summed E-state index contributed by atoms with van der Waals surface area (Å²) in [6.07, 6.45) is -0.0389. The van der Waals surface area contributed by atoms with Crippen molar-refractivity contribution in [3.63, 3.8) is 0 Å². The molecule has 0 fully saturated rings. The molecule has 2 heterocycles.